The molecule has 3 aromatic carbocycles. The number of fused-ring (bicyclic) bond motifs is 1. The van der Waals surface area contributed by atoms with Crippen molar-refractivity contribution >= 4 is 35.3 Å². The van der Waals surface area contributed by atoms with Crippen molar-refractivity contribution in [3.05, 3.63) is 108 Å². The lowest BCUT2D eigenvalue weighted by Gasteiger charge is -2.05. The number of phenols is 1. The van der Waals surface area contributed by atoms with Crippen LogP contribution in [-0.2, 0) is 6.54 Å². The summed E-state index contributed by atoms with van der Waals surface area (Å²) in [5.74, 6) is -0.198. The second-order valence-corrected chi connectivity index (χ2v) is 6.66. The summed E-state index contributed by atoms with van der Waals surface area (Å²) in [6.07, 6.45) is 5.19. The molecule has 4 aromatic rings. The number of aromatic nitrogens is 1. The maximum Gasteiger partial charge on any atom is 0.271 e. The van der Waals surface area contributed by atoms with Crippen molar-refractivity contribution < 1.29 is 14.5 Å². The topological polar surface area (TPSA) is 65.6 Å². The molecular weight excluding hydrogens is 398 g/mol. The van der Waals surface area contributed by atoms with E-state index in [0.717, 1.165) is 17.3 Å². The predicted molar refractivity (Wildman–Crippen MR) is 120 cm³/mol. The Kier molecular flexibility index (Phi) is 6.78. The largest absolute Gasteiger partial charge is 0.507 e. The fourth-order valence-electron chi connectivity index (χ4n) is 3.15. The molecule has 2 N–H and O–H groups in total. The summed E-state index contributed by atoms with van der Waals surface area (Å²) in [5, 5.41) is 16.0. The van der Waals surface area contributed by atoms with Gasteiger partial charge in [-0.2, -0.15) is 5.10 Å². The molecule has 0 aliphatic carbocycles. The first kappa shape index (κ1) is 21.0. The van der Waals surface area contributed by atoms with Gasteiger partial charge in [-0.1, -0.05) is 60.7 Å². The van der Waals surface area contributed by atoms with Crippen molar-refractivity contribution in [1.82, 2.24) is 5.43 Å². The molecule has 1 amide bonds. The molecular formula is C24H21ClN3O2+. The highest BCUT2D eigenvalue weighted by atomic mass is 35.5. The SMILES string of the molecule is Cl.O=C(N/N=C/c1c(O)ccc2ccccc12)c1cc[n+](Cc2ccccc2)cc1. The molecule has 5 nitrogen and oxygen atoms in total. The monoisotopic (exact) mass is 418 g/mol. The number of amides is 1. The molecule has 0 bridgehead atoms. The molecule has 1 aromatic heterocycles. The van der Waals surface area contributed by atoms with Crippen LogP contribution in [0.3, 0.4) is 0 Å². The zero-order chi connectivity index (χ0) is 20.1. The van der Waals surface area contributed by atoms with Crippen LogP contribution in [0.4, 0.5) is 0 Å². The molecule has 0 unspecified atom stereocenters. The molecule has 0 fully saturated rings. The molecule has 0 saturated carbocycles. The Bertz CT molecular complexity index is 1180. The van der Waals surface area contributed by atoms with E-state index in [0.29, 0.717) is 11.1 Å². The van der Waals surface area contributed by atoms with Gasteiger partial charge in [-0.15, -0.1) is 12.4 Å². The number of rotatable bonds is 5. The number of halogens is 1. The maximum absolute atomic E-state index is 12.4. The summed E-state index contributed by atoms with van der Waals surface area (Å²) in [5.41, 5.74) is 4.78. The summed E-state index contributed by atoms with van der Waals surface area (Å²) in [6, 6.07) is 24.8. The molecule has 0 spiro atoms. The lowest BCUT2D eigenvalue weighted by molar-refractivity contribution is -0.688. The van der Waals surface area contributed by atoms with E-state index in [1.54, 1.807) is 18.2 Å². The number of aromatic hydroxyl groups is 1. The number of carbonyl (C=O) groups excluding carboxylic acids is 1. The fraction of sp³-hybridized carbons (Fsp3) is 0.0417. The van der Waals surface area contributed by atoms with Crippen molar-refractivity contribution in [3.63, 3.8) is 0 Å². The van der Waals surface area contributed by atoms with Crippen molar-refractivity contribution in [3.8, 4) is 5.75 Å². The standard InChI is InChI=1S/C24H19N3O2.ClH/c28-23-11-10-19-8-4-5-9-21(19)22(23)16-25-26-24(29)20-12-14-27(15-13-20)17-18-6-2-1-3-7-18;/h1-16,29H,17H2;1H/p+1. The lowest BCUT2D eigenvalue weighted by atomic mass is 10.0. The molecule has 0 saturated heterocycles. The minimum atomic E-state index is -0.312. The zero-order valence-corrected chi connectivity index (χ0v) is 16.9. The van der Waals surface area contributed by atoms with E-state index >= 15 is 0 Å². The van der Waals surface area contributed by atoms with Gasteiger partial charge in [0.2, 0.25) is 0 Å². The molecule has 6 heteroatoms. The second kappa shape index (κ2) is 9.67. The number of benzene rings is 3. The van der Waals surface area contributed by atoms with E-state index in [1.165, 1.54) is 11.8 Å². The Balaban J connectivity index is 0.00000256. The number of nitrogens with zero attached hydrogens (tertiary/aromatic N) is 2. The van der Waals surface area contributed by atoms with Crippen LogP contribution in [-0.4, -0.2) is 17.2 Å². The highest BCUT2D eigenvalue weighted by molar-refractivity contribution is 6.03. The molecule has 4 rings (SSSR count). The van der Waals surface area contributed by atoms with Gasteiger partial charge in [0.1, 0.15) is 5.75 Å². The maximum atomic E-state index is 12.4. The minimum Gasteiger partial charge on any atom is -0.507 e. The zero-order valence-electron chi connectivity index (χ0n) is 16.1. The van der Waals surface area contributed by atoms with E-state index in [9.17, 15) is 9.90 Å². The fourth-order valence-corrected chi connectivity index (χ4v) is 3.15. The van der Waals surface area contributed by atoms with Crippen LogP contribution in [0.25, 0.3) is 10.8 Å². The summed E-state index contributed by atoms with van der Waals surface area (Å²) in [6.45, 7) is 0.737. The van der Waals surface area contributed by atoms with Crippen LogP contribution in [0.1, 0.15) is 21.5 Å². The summed E-state index contributed by atoms with van der Waals surface area (Å²) in [4.78, 5) is 12.4. The van der Waals surface area contributed by atoms with Gasteiger partial charge in [-0.05, 0) is 16.8 Å². The first-order valence-electron chi connectivity index (χ1n) is 9.28. The third-order valence-corrected chi connectivity index (χ3v) is 4.67. The molecule has 150 valence electrons. The first-order chi connectivity index (χ1) is 14.2. The minimum absolute atomic E-state index is 0. The van der Waals surface area contributed by atoms with Crippen molar-refractivity contribution in [2.75, 3.05) is 0 Å². The van der Waals surface area contributed by atoms with E-state index in [2.05, 4.69) is 22.7 Å². The Hall–Kier alpha value is -3.70. The van der Waals surface area contributed by atoms with Gasteiger partial charge in [0.25, 0.3) is 5.91 Å². The predicted octanol–water partition coefficient (Wildman–Crippen LogP) is 4.07. The third-order valence-electron chi connectivity index (χ3n) is 4.67. The molecule has 0 atom stereocenters. The normalized spacial score (nSPS) is 10.7. The highest BCUT2D eigenvalue weighted by Crippen LogP contribution is 2.25. The van der Waals surface area contributed by atoms with Crippen LogP contribution < -0.4 is 9.99 Å². The Labute approximate surface area is 180 Å². The molecule has 0 aliphatic rings. The van der Waals surface area contributed by atoms with Crippen LogP contribution in [0, 0.1) is 0 Å². The molecule has 1 heterocycles. The van der Waals surface area contributed by atoms with E-state index in [-0.39, 0.29) is 24.1 Å². The van der Waals surface area contributed by atoms with Crippen molar-refractivity contribution in [1.29, 1.82) is 0 Å². The smallest absolute Gasteiger partial charge is 0.271 e. The molecule has 0 radical (unpaired) electrons. The molecule has 30 heavy (non-hydrogen) atoms. The third kappa shape index (κ3) is 4.82. The van der Waals surface area contributed by atoms with Crippen LogP contribution in [0.15, 0.2) is 96.4 Å². The second-order valence-electron chi connectivity index (χ2n) is 6.66. The summed E-state index contributed by atoms with van der Waals surface area (Å²) < 4.78 is 2.00. The van der Waals surface area contributed by atoms with E-state index in [1.807, 2.05) is 65.5 Å². The Morgan fingerprint density at radius 2 is 1.63 bits per heavy atom. The van der Waals surface area contributed by atoms with Crippen LogP contribution in [0.2, 0.25) is 0 Å². The number of phenolic OH excluding ortho intramolecular Hbond substituents is 1. The van der Waals surface area contributed by atoms with Crippen LogP contribution in [0.5, 0.6) is 5.75 Å². The van der Waals surface area contributed by atoms with Crippen LogP contribution >= 0.6 is 12.4 Å². The van der Waals surface area contributed by atoms with Gasteiger partial charge < -0.3 is 5.11 Å². The lowest BCUT2D eigenvalue weighted by Crippen LogP contribution is -2.33. The number of hydrogen-bond acceptors (Lipinski definition) is 3. The number of carbonyl (C=O) groups is 1. The summed E-state index contributed by atoms with van der Waals surface area (Å²) in [7, 11) is 0. The number of hydrogen-bond donors (Lipinski definition) is 2. The molecule has 0 aliphatic heterocycles. The van der Waals surface area contributed by atoms with Gasteiger partial charge in [0, 0.05) is 23.3 Å². The number of nitrogens with one attached hydrogen (secondary N) is 1. The number of hydrazone groups is 1. The quantitative estimate of drug-likeness (QED) is 0.291. The number of pyridine rings is 1. The van der Waals surface area contributed by atoms with Crippen molar-refractivity contribution in [2.24, 2.45) is 5.10 Å². The average Bonchev–Trinajstić information content (AvgIpc) is 2.76. The van der Waals surface area contributed by atoms with Gasteiger partial charge in [0.15, 0.2) is 18.9 Å². The van der Waals surface area contributed by atoms with E-state index in [4.69, 9.17) is 0 Å². The Morgan fingerprint density at radius 1 is 0.933 bits per heavy atom. The van der Waals surface area contributed by atoms with Crippen molar-refractivity contribution in [2.45, 2.75) is 6.54 Å². The average molecular weight is 419 g/mol. The van der Waals surface area contributed by atoms with E-state index < -0.39 is 0 Å². The van der Waals surface area contributed by atoms with Gasteiger partial charge >= 0.3 is 0 Å². The van der Waals surface area contributed by atoms with Gasteiger partial charge in [-0.3, -0.25) is 4.79 Å². The first-order valence-corrected chi connectivity index (χ1v) is 9.28. The van der Waals surface area contributed by atoms with Gasteiger partial charge in [-0.25, -0.2) is 9.99 Å². The Morgan fingerprint density at radius 3 is 2.40 bits per heavy atom. The van der Waals surface area contributed by atoms with Gasteiger partial charge in [0.05, 0.1) is 11.8 Å². The summed E-state index contributed by atoms with van der Waals surface area (Å²) >= 11 is 0. The highest BCUT2D eigenvalue weighted by Gasteiger charge is 2.09.